The van der Waals surface area contributed by atoms with Gasteiger partial charge in [0.15, 0.2) is 0 Å². The Morgan fingerprint density at radius 2 is 1.70 bits per heavy atom. The van der Waals surface area contributed by atoms with Crippen LogP contribution in [-0.4, -0.2) is 46.9 Å². The second kappa shape index (κ2) is 7.72. The first kappa shape index (κ1) is 18.2. The summed E-state index contributed by atoms with van der Waals surface area (Å²) in [4.78, 5) is 34.8. The largest absolute Gasteiger partial charge is 0.480 e. The highest BCUT2D eigenvalue weighted by Gasteiger charge is 2.29. The zero-order chi connectivity index (χ0) is 15.9. The van der Waals surface area contributed by atoms with Gasteiger partial charge in [-0.05, 0) is 26.7 Å². The van der Waals surface area contributed by atoms with E-state index in [9.17, 15) is 14.4 Å². The van der Waals surface area contributed by atoms with Gasteiger partial charge in [0.05, 0.1) is 0 Å². The number of amides is 1. The minimum atomic E-state index is -1.14. The molecule has 0 atom stereocenters. The van der Waals surface area contributed by atoms with Crippen molar-refractivity contribution in [2.45, 2.75) is 46.6 Å². The fourth-order valence-corrected chi connectivity index (χ4v) is 1.33. The molecule has 0 aromatic carbocycles. The van der Waals surface area contributed by atoms with Crippen molar-refractivity contribution in [3.8, 4) is 0 Å². The molecule has 0 aromatic rings. The third kappa shape index (κ3) is 7.60. The van der Waals surface area contributed by atoms with E-state index in [1.54, 1.807) is 20.8 Å². The number of aliphatic carboxylic acids is 1. The van der Waals surface area contributed by atoms with E-state index in [1.807, 2.05) is 13.8 Å². The predicted octanol–water partition coefficient (Wildman–Crippen LogP) is 1.85. The molecule has 0 saturated heterocycles. The van der Waals surface area contributed by atoms with Gasteiger partial charge in [-0.25, -0.2) is 4.79 Å². The number of hydrogen-bond acceptors (Lipinski definition) is 5. The van der Waals surface area contributed by atoms with Crippen molar-refractivity contribution in [2.24, 2.45) is 5.92 Å². The number of carboxylic acids is 1. The first-order valence-electron chi connectivity index (χ1n) is 6.36. The van der Waals surface area contributed by atoms with E-state index in [0.29, 0.717) is 0 Å². The third-order valence-corrected chi connectivity index (χ3v) is 2.30. The Labute approximate surface area is 118 Å². The normalized spacial score (nSPS) is 11.1. The Morgan fingerprint density at radius 1 is 1.15 bits per heavy atom. The zero-order valence-corrected chi connectivity index (χ0v) is 12.6. The SMILES string of the molecule is CC(C)CC(=O)OCOC(=O)N(CC(=O)O)C(C)(C)C. The van der Waals surface area contributed by atoms with E-state index < -0.39 is 36.9 Å². The third-order valence-electron chi connectivity index (χ3n) is 2.30. The summed E-state index contributed by atoms with van der Waals surface area (Å²) in [6.07, 6.45) is -0.604. The van der Waals surface area contributed by atoms with E-state index in [-0.39, 0.29) is 12.3 Å². The molecule has 0 unspecified atom stereocenters. The molecule has 0 aromatic heterocycles. The van der Waals surface area contributed by atoms with Crippen LogP contribution in [0.5, 0.6) is 0 Å². The molecular weight excluding hydrogens is 266 g/mol. The van der Waals surface area contributed by atoms with E-state index >= 15 is 0 Å². The van der Waals surface area contributed by atoms with Crippen LogP contribution in [0.2, 0.25) is 0 Å². The lowest BCUT2D eigenvalue weighted by atomic mass is 10.1. The van der Waals surface area contributed by atoms with Crippen LogP contribution in [0.25, 0.3) is 0 Å². The highest BCUT2D eigenvalue weighted by molar-refractivity contribution is 5.77. The van der Waals surface area contributed by atoms with Gasteiger partial charge in [0.1, 0.15) is 6.54 Å². The number of hydrogen-bond donors (Lipinski definition) is 1. The molecule has 1 N–H and O–H groups in total. The lowest BCUT2D eigenvalue weighted by Gasteiger charge is -2.33. The molecule has 0 aliphatic heterocycles. The summed E-state index contributed by atoms with van der Waals surface area (Å²) in [5.74, 6) is -1.46. The van der Waals surface area contributed by atoms with Gasteiger partial charge in [0, 0.05) is 12.0 Å². The summed E-state index contributed by atoms with van der Waals surface area (Å²) >= 11 is 0. The lowest BCUT2D eigenvalue weighted by Crippen LogP contribution is -2.48. The van der Waals surface area contributed by atoms with E-state index in [0.717, 1.165) is 4.90 Å². The number of nitrogens with zero attached hydrogens (tertiary/aromatic N) is 1. The first-order chi connectivity index (χ1) is 9.04. The van der Waals surface area contributed by atoms with Crippen LogP contribution in [-0.2, 0) is 19.1 Å². The van der Waals surface area contributed by atoms with E-state index in [1.165, 1.54) is 0 Å². The minimum absolute atomic E-state index is 0.149. The highest BCUT2D eigenvalue weighted by atomic mass is 16.7. The number of carboxylic acid groups (broad SMARTS) is 1. The Bertz CT molecular complexity index is 358. The summed E-state index contributed by atoms with van der Waals surface area (Å²) in [5.41, 5.74) is -0.711. The molecule has 7 nitrogen and oxygen atoms in total. The Balaban J connectivity index is 4.34. The van der Waals surface area contributed by atoms with Gasteiger partial charge < -0.3 is 14.6 Å². The molecule has 0 aliphatic carbocycles. The van der Waals surface area contributed by atoms with Crippen molar-refractivity contribution in [3.63, 3.8) is 0 Å². The van der Waals surface area contributed by atoms with Crippen LogP contribution in [0.3, 0.4) is 0 Å². The lowest BCUT2D eigenvalue weighted by molar-refractivity contribution is -0.154. The van der Waals surface area contributed by atoms with Crippen LogP contribution in [0.4, 0.5) is 4.79 Å². The van der Waals surface area contributed by atoms with Gasteiger partial charge in [-0.2, -0.15) is 0 Å². The summed E-state index contributed by atoms with van der Waals surface area (Å²) in [6.45, 7) is 7.77. The van der Waals surface area contributed by atoms with Crippen LogP contribution in [0.1, 0.15) is 41.0 Å². The summed E-state index contributed by atoms with van der Waals surface area (Å²) in [7, 11) is 0. The first-order valence-corrected chi connectivity index (χ1v) is 6.36. The molecule has 0 bridgehead atoms. The van der Waals surface area contributed by atoms with Gasteiger partial charge in [-0.15, -0.1) is 0 Å². The van der Waals surface area contributed by atoms with Crippen LogP contribution in [0.15, 0.2) is 0 Å². The Morgan fingerprint density at radius 3 is 2.10 bits per heavy atom. The second-order valence-electron chi connectivity index (χ2n) is 5.79. The summed E-state index contributed by atoms with van der Waals surface area (Å²) in [6, 6.07) is 0. The van der Waals surface area contributed by atoms with Gasteiger partial charge in [0.25, 0.3) is 0 Å². The smallest absolute Gasteiger partial charge is 0.413 e. The second-order valence-corrected chi connectivity index (χ2v) is 5.79. The monoisotopic (exact) mass is 289 g/mol. The van der Waals surface area contributed by atoms with Crippen molar-refractivity contribution in [3.05, 3.63) is 0 Å². The van der Waals surface area contributed by atoms with Gasteiger partial charge in [0.2, 0.25) is 6.79 Å². The molecule has 20 heavy (non-hydrogen) atoms. The predicted molar refractivity (Wildman–Crippen MR) is 71.0 cm³/mol. The number of carbonyl (C=O) groups is 3. The topological polar surface area (TPSA) is 93.1 Å². The number of esters is 1. The number of carbonyl (C=O) groups excluding carboxylic acids is 2. The molecule has 0 spiro atoms. The van der Waals surface area contributed by atoms with Gasteiger partial charge >= 0.3 is 18.0 Å². The van der Waals surface area contributed by atoms with Crippen LogP contribution < -0.4 is 0 Å². The molecule has 0 heterocycles. The molecule has 7 heteroatoms. The minimum Gasteiger partial charge on any atom is -0.480 e. The fraction of sp³-hybridized carbons (Fsp3) is 0.769. The maximum absolute atomic E-state index is 11.8. The van der Waals surface area contributed by atoms with Crippen molar-refractivity contribution >= 4 is 18.0 Å². The van der Waals surface area contributed by atoms with E-state index in [2.05, 4.69) is 0 Å². The summed E-state index contributed by atoms with van der Waals surface area (Å²) in [5, 5.41) is 8.77. The Hall–Kier alpha value is -1.79. The molecule has 1 amide bonds. The fourth-order valence-electron chi connectivity index (χ4n) is 1.33. The molecule has 0 aliphatic rings. The highest BCUT2D eigenvalue weighted by Crippen LogP contribution is 2.14. The van der Waals surface area contributed by atoms with Crippen LogP contribution in [0, 0.1) is 5.92 Å². The molecule has 0 fully saturated rings. The van der Waals surface area contributed by atoms with Gasteiger partial charge in [-0.3, -0.25) is 14.5 Å². The van der Waals surface area contributed by atoms with Crippen molar-refractivity contribution < 1.29 is 29.0 Å². The van der Waals surface area contributed by atoms with Crippen molar-refractivity contribution in [1.29, 1.82) is 0 Å². The molecule has 0 saturated carbocycles. The maximum Gasteiger partial charge on any atom is 0.413 e. The number of rotatable bonds is 6. The molecule has 116 valence electrons. The van der Waals surface area contributed by atoms with Crippen molar-refractivity contribution in [2.75, 3.05) is 13.3 Å². The maximum atomic E-state index is 11.8. The zero-order valence-electron chi connectivity index (χ0n) is 12.6. The van der Waals surface area contributed by atoms with Gasteiger partial charge in [-0.1, -0.05) is 13.8 Å². The van der Waals surface area contributed by atoms with E-state index in [4.69, 9.17) is 14.6 Å². The van der Waals surface area contributed by atoms with Crippen LogP contribution >= 0.6 is 0 Å². The molecule has 0 rings (SSSR count). The molecule has 0 radical (unpaired) electrons. The standard InChI is InChI=1S/C13H23NO6/c1-9(2)6-11(17)19-8-20-12(18)14(7-10(15)16)13(3,4)5/h9H,6-8H2,1-5H3,(H,15,16). The quantitative estimate of drug-likeness (QED) is 0.592. The number of ether oxygens (including phenoxy) is 2. The van der Waals surface area contributed by atoms with Crippen molar-refractivity contribution in [1.82, 2.24) is 4.90 Å². The molecular formula is C13H23NO6. The average Bonchev–Trinajstić information content (AvgIpc) is 2.22. The summed E-state index contributed by atoms with van der Waals surface area (Å²) < 4.78 is 9.50. The Kier molecular flexibility index (Phi) is 7.02. The average molecular weight is 289 g/mol.